The molecule has 2 nitrogen and oxygen atoms in total. The molecule has 1 saturated heterocycles. The van der Waals surface area contributed by atoms with Crippen LogP contribution in [-0.2, 0) is 0 Å². The van der Waals surface area contributed by atoms with Gasteiger partial charge in [-0.05, 0) is 56.6 Å². The second kappa shape index (κ2) is 6.00. The van der Waals surface area contributed by atoms with Gasteiger partial charge in [0, 0.05) is 6.04 Å². The molecule has 0 amide bonds. The van der Waals surface area contributed by atoms with Crippen LogP contribution in [0.25, 0.3) is 0 Å². The van der Waals surface area contributed by atoms with Crippen LogP contribution in [0.3, 0.4) is 0 Å². The third-order valence-corrected chi connectivity index (χ3v) is 4.13. The highest BCUT2D eigenvalue weighted by Gasteiger charge is 2.28. The van der Waals surface area contributed by atoms with E-state index in [2.05, 4.69) is 11.9 Å². The highest BCUT2D eigenvalue weighted by molar-refractivity contribution is 6.30. The Morgan fingerprint density at radius 1 is 1.44 bits per heavy atom. The molecule has 0 spiro atoms. The molecule has 2 atom stereocenters. The Morgan fingerprint density at radius 2 is 2.22 bits per heavy atom. The average Bonchev–Trinajstić information content (AvgIpc) is 2.54. The number of halogens is 2. The molecular weight excluding hydrogens is 251 g/mol. The summed E-state index contributed by atoms with van der Waals surface area (Å²) < 4.78 is 13.3. The molecule has 1 aliphatic rings. The van der Waals surface area contributed by atoms with Crippen molar-refractivity contribution in [1.29, 1.82) is 0 Å². The number of hydrogen-bond acceptors (Lipinski definition) is 2. The van der Waals surface area contributed by atoms with Crippen LogP contribution in [0.4, 0.5) is 4.39 Å². The molecule has 1 aliphatic heterocycles. The molecule has 1 aromatic rings. The highest BCUT2D eigenvalue weighted by Crippen LogP contribution is 2.34. The van der Waals surface area contributed by atoms with Crippen molar-refractivity contribution < 1.29 is 4.39 Å². The fourth-order valence-electron chi connectivity index (χ4n) is 2.89. The van der Waals surface area contributed by atoms with Crippen LogP contribution in [0.15, 0.2) is 18.2 Å². The van der Waals surface area contributed by atoms with Gasteiger partial charge in [0.2, 0.25) is 0 Å². The zero-order valence-corrected chi connectivity index (χ0v) is 11.5. The molecule has 0 saturated carbocycles. The van der Waals surface area contributed by atoms with E-state index < -0.39 is 0 Å². The van der Waals surface area contributed by atoms with Crippen molar-refractivity contribution >= 4 is 11.6 Å². The van der Waals surface area contributed by atoms with E-state index in [1.165, 1.54) is 18.9 Å². The predicted molar refractivity (Wildman–Crippen MR) is 73.2 cm³/mol. The first-order chi connectivity index (χ1) is 8.63. The van der Waals surface area contributed by atoms with E-state index in [4.69, 9.17) is 17.3 Å². The fourth-order valence-corrected chi connectivity index (χ4v) is 3.08. The first-order valence-corrected chi connectivity index (χ1v) is 6.86. The molecule has 2 unspecified atom stereocenters. The summed E-state index contributed by atoms with van der Waals surface area (Å²) in [4.78, 5) is 2.31. The molecule has 1 aromatic carbocycles. The van der Waals surface area contributed by atoms with Crippen molar-refractivity contribution in [2.24, 2.45) is 11.7 Å². The third-order valence-electron chi connectivity index (χ3n) is 3.85. The lowest BCUT2D eigenvalue weighted by molar-refractivity contribution is 0.196. The Hall–Kier alpha value is -0.640. The van der Waals surface area contributed by atoms with Gasteiger partial charge in [0.05, 0.1) is 5.02 Å². The summed E-state index contributed by atoms with van der Waals surface area (Å²) in [6.45, 7) is 1.71. The Balaban J connectivity index is 2.33. The largest absolute Gasteiger partial charge is 0.330 e. The SMILES string of the molecule is CN1CCCCC(CN)C1c1ccc(F)c(Cl)c1. The van der Waals surface area contributed by atoms with Crippen LogP contribution in [0.5, 0.6) is 0 Å². The second-order valence-electron chi connectivity index (χ2n) is 5.09. The normalized spacial score (nSPS) is 26.0. The zero-order chi connectivity index (χ0) is 13.1. The summed E-state index contributed by atoms with van der Waals surface area (Å²) in [7, 11) is 2.11. The number of nitrogens with zero attached hydrogens (tertiary/aromatic N) is 1. The summed E-state index contributed by atoms with van der Waals surface area (Å²) in [6.07, 6.45) is 3.52. The quantitative estimate of drug-likeness (QED) is 0.894. The van der Waals surface area contributed by atoms with Crippen molar-refractivity contribution in [3.8, 4) is 0 Å². The standard InChI is InChI=1S/C14H20ClFN2/c1-18-7-3-2-4-11(9-17)14(18)10-5-6-13(16)12(15)8-10/h5-6,8,11,14H,2-4,7,9,17H2,1H3. The summed E-state index contributed by atoms with van der Waals surface area (Å²) in [5, 5.41) is 0.195. The third kappa shape index (κ3) is 2.85. The monoisotopic (exact) mass is 270 g/mol. The van der Waals surface area contributed by atoms with Crippen molar-refractivity contribution in [1.82, 2.24) is 4.90 Å². The molecule has 0 aliphatic carbocycles. The van der Waals surface area contributed by atoms with Crippen LogP contribution < -0.4 is 5.73 Å². The maximum absolute atomic E-state index is 13.3. The molecule has 2 rings (SSSR count). The van der Waals surface area contributed by atoms with Crippen molar-refractivity contribution in [2.45, 2.75) is 25.3 Å². The molecule has 0 aromatic heterocycles. The topological polar surface area (TPSA) is 29.3 Å². The van der Waals surface area contributed by atoms with Gasteiger partial charge in [-0.15, -0.1) is 0 Å². The van der Waals surface area contributed by atoms with Crippen molar-refractivity contribution in [3.63, 3.8) is 0 Å². The fraction of sp³-hybridized carbons (Fsp3) is 0.571. The molecule has 0 bridgehead atoms. The zero-order valence-electron chi connectivity index (χ0n) is 10.7. The van der Waals surface area contributed by atoms with Gasteiger partial charge in [0.1, 0.15) is 5.82 Å². The average molecular weight is 271 g/mol. The molecule has 0 radical (unpaired) electrons. The van der Waals surface area contributed by atoms with Crippen molar-refractivity contribution in [3.05, 3.63) is 34.6 Å². The van der Waals surface area contributed by atoms with E-state index in [9.17, 15) is 4.39 Å². The Labute approximate surface area is 113 Å². The van der Waals surface area contributed by atoms with Crippen LogP contribution in [0, 0.1) is 11.7 Å². The van der Waals surface area contributed by atoms with Crippen LogP contribution in [0.1, 0.15) is 30.9 Å². The van der Waals surface area contributed by atoms with Gasteiger partial charge >= 0.3 is 0 Å². The highest BCUT2D eigenvalue weighted by atomic mass is 35.5. The summed E-state index contributed by atoms with van der Waals surface area (Å²) in [5.74, 6) is 0.0556. The Kier molecular flexibility index (Phi) is 4.60. The predicted octanol–water partition coefficient (Wildman–Crippen LogP) is 3.21. The smallest absolute Gasteiger partial charge is 0.141 e. The molecule has 2 N–H and O–H groups in total. The maximum atomic E-state index is 13.3. The van der Waals surface area contributed by atoms with Gasteiger partial charge in [-0.25, -0.2) is 4.39 Å². The number of likely N-dealkylation sites (tertiary alicyclic amines) is 1. The maximum Gasteiger partial charge on any atom is 0.141 e. The van der Waals surface area contributed by atoms with Gasteiger partial charge in [0.15, 0.2) is 0 Å². The van der Waals surface area contributed by atoms with Gasteiger partial charge in [-0.1, -0.05) is 24.1 Å². The van der Waals surface area contributed by atoms with E-state index in [1.54, 1.807) is 6.07 Å². The first kappa shape index (κ1) is 13.8. The molecule has 4 heteroatoms. The van der Waals surface area contributed by atoms with Gasteiger partial charge in [-0.3, -0.25) is 4.90 Å². The number of nitrogens with two attached hydrogens (primary N) is 1. The molecule has 1 fully saturated rings. The van der Waals surface area contributed by atoms with E-state index in [0.29, 0.717) is 12.5 Å². The molecule has 18 heavy (non-hydrogen) atoms. The van der Waals surface area contributed by atoms with Crippen molar-refractivity contribution in [2.75, 3.05) is 20.1 Å². The molecule has 1 heterocycles. The van der Waals surface area contributed by atoms with E-state index in [-0.39, 0.29) is 16.9 Å². The summed E-state index contributed by atoms with van der Waals surface area (Å²) >= 11 is 5.89. The van der Waals surface area contributed by atoms with Gasteiger partial charge in [-0.2, -0.15) is 0 Å². The lowest BCUT2D eigenvalue weighted by atomic mass is 9.89. The lowest BCUT2D eigenvalue weighted by Crippen LogP contribution is -2.33. The van der Waals surface area contributed by atoms with Gasteiger partial charge in [0.25, 0.3) is 0 Å². The summed E-state index contributed by atoms with van der Waals surface area (Å²) in [5.41, 5.74) is 6.97. The molecule has 100 valence electrons. The minimum atomic E-state index is -0.360. The lowest BCUT2D eigenvalue weighted by Gasteiger charge is -2.32. The number of rotatable bonds is 2. The second-order valence-corrected chi connectivity index (χ2v) is 5.50. The van der Waals surface area contributed by atoms with E-state index in [0.717, 1.165) is 18.5 Å². The van der Waals surface area contributed by atoms with Crippen LogP contribution in [-0.4, -0.2) is 25.0 Å². The Bertz CT molecular complexity index is 411. The Morgan fingerprint density at radius 3 is 2.89 bits per heavy atom. The van der Waals surface area contributed by atoms with Crippen LogP contribution >= 0.6 is 11.6 Å². The van der Waals surface area contributed by atoms with Gasteiger partial charge < -0.3 is 5.73 Å². The first-order valence-electron chi connectivity index (χ1n) is 6.48. The molecular formula is C14H20ClFN2. The van der Waals surface area contributed by atoms with E-state index >= 15 is 0 Å². The minimum absolute atomic E-state index is 0.195. The number of hydrogen-bond donors (Lipinski definition) is 1. The minimum Gasteiger partial charge on any atom is -0.330 e. The summed E-state index contributed by atoms with van der Waals surface area (Å²) in [6, 6.07) is 5.27. The van der Waals surface area contributed by atoms with Crippen LogP contribution in [0.2, 0.25) is 5.02 Å². The van der Waals surface area contributed by atoms with E-state index in [1.807, 2.05) is 6.07 Å². The number of benzene rings is 1.